The second-order valence-electron chi connectivity index (χ2n) is 7.38. The maximum atomic E-state index is 13.0. The number of halogens is 4. The van der Waals surface area contributed by atoms with Crippen molar-refractivity contribution in [1.82, 2.24) is 10.2 Å². The highest BCUT2D eigenvalue weighted by Crippen LogP contribution is 2.34. The van der Waals surface area contributed by atoms with Crippen LogP contribution in [-0.4, -0.2) is 36.0 Å². The van der Waals surface area contributed by atoms with Gasteiger partial charge >= 0.3 is 6.18 Å². The fraction of sp³-hybridized carbons (Fsp3) is 0.611. The van der Waals surface area contributed by atoms with Gasteiger partial charge in [-0.3, -0.25) is 4.79 Å². The third-order valence-corrected chi connectivity index (χ3v) is 5.26. The summed E-state index contributed by atoms with van der Waals surface area (Å²) in [6.45, 7) is 4.72. The minimum Gasteiger partial charge on any atom is -0.340 e. The average molecular weight is 377 g/mol. The van der Waals surface area contributed by atoms with E-state index in [-0.39, 0.29) is 18.3 Å². The first-order valence-corrected chi connectivity index (χ1v) is 8.41. The summed E-state index contributed by atoms with van der Waals surface area (Å²) in [5, 5.41) is 3.52. The number of alkyl halides is 3. The fourth-order valence-electron chi connectivity index (χ4n) is 3.73. The Bertz CT molecular complexity index is 633. The quantitative estimate of drug-likeness (QED) is 0.852. The molecule has 2 aliphatic rings. The van der Waals surface area contributed by atoms with Crippen molar-refractivity contribution in [2.75, 3.05) is 13.1 Å². The number of carbonyl (C=O) groups is 1. The minimum absolute atomic E-state index is 0. The average Bonchev–Trinajstić information content (AvgIpc) is 2.85. The number of likely N-dealkylation sites (tertiary alicyclic amines) is 1. The number of rotatable bonds is 2. The van der Waals surface area contributed by atoms with E-state index in [4.69, 9.17) is 0 Å². The van der Waals surface area contributed by atoms with Crippen molar-refractivity contribution in [3.63, 3.8) is 0 Å². The zero-order valence-electron chi connectivity index (χ0n) is 14.4. The molecule has 0 saturated carbocycles. The van der Waals surface area contributed by atoms with Crippen LogP contribution in [0.15, 0.2) is 24.3 Å². The summed E-state index contributed by atoms with van der Waals surface area (Å²) in [5.41, 5.74) is -1.28. The lowest BCUT2D eigenvalue weighted by Gasteiger charge is -2.33. The van der Waals surface area contributed by atoms with E-state index >= 15 is 0 Å². The molecule has 2 atom stereocenters. The van der Waals surface area contributed by atoms with E-state index in [1.54, 1.807) is 19.9 Å². The van der Waals surface area contributed by atoms with Crippen molar-refractivity contribution in [2.24, 2.45) is 0 Å². The first kappa shape index (κ1) is 20.0. The van der Waals surface area contributed by atoms with Crippen LogP contribution >= 0.6 is 12.4 Å². The molecule has 25 heavy (non-hydrogen) atoms. The SMILES string of the molecule is CC(C)(C(=O)N1CCC2CCC(C1)N2)c1cccc(C(F)(F)F)c1.Cl. The van der Waals surface area contributed by atoms with E-state index in [0.717, 1.165) is 31.4 Å². The van der Waals surface area contributed by atoms with Crippen molar-refractivity contribution in [3.05, 3.63) is 35.4 Å². The maximum Gasteiger partial charge on any atom is 0.416 e. The van der Waals surface area contributed by atoms with Gasteiger partial charge in [-0.15, -0.1) is 12.4 Å². The van der Waals surface area contributed by atoms with Gasteiger partial charge in [0.15, 0.2) is 0 Å². The number of hydrogen-bond donors (Lipinski definition) is 1. The molecule has 7 heteroatoms. The molecule has 0 spiro atoms. The van der Waals surface area contributed by atoms with Crippen molar-refractivity contribution in [3.8, 4) is 0 Å². The molecule has 1 amide bonds. The molecular weight excluding hydrogens is 353 g/mol. The Balaban J connectivity index is 0.00000225. The van der Waals surface area contributed by atoms with Gasteiger partial charge in [-0.1, -0.05) is 18.2 Å². The number of nitrogens with zero attached hydrogens (tertiary/aromatic N) is 1. The van der Waals surface area contributed by atoms with Gasteiger partial charge < -0.3 is 10.2 Å². The summed E-state index contributed by atoms with van der Waals surface area (Å²) in [6, 6.07) is 5.89. The third kappa shape index (κ3) is 4.11. The predicted octanol–water partition coefficient (Wildman–Crippen LogP) is 3.76. The highest BCUT2D eigenvalue weighted by atomic mass is 35.5. The highest BCUT2D eigenvalue weighted by molar-refractivity contribution is 5.87. The van der Waals surface area contributed by atoms with Crippen molar-refractivity contribution < 1.29 is 18.0 Å². The van der Waals surface area contributed by atoms with Gasteiger partial charge in [0.1, 0.15) is 0 Å². The van der Waals surface area contributed by atoms with Crippen LogP contribution in [0.2, 0.25) is 0 Å². The molecule has 3 rings (SSSR count). The minimum atomic E-state index is -4.40. The number of hydrogen-bond acceptors (Lipinski definition) is 2. The normalized spacial score (nSPS) is 23.8. The van der Waals surface area contributed by atoms with Crippen LogP contribution in [0.1, 0.15) is 44.2 Å². The Hall–Kier alpha value is -1.27. The molecule has 2 unspecified atom stereocenters. The zero-order chi connectivity index (χ0) is 17.5. The fourth-order valence-corrected chi connectivity index (χ4v) is 3.73. The Morgan fingerprint density at radius 1 is 1.12 bits per heavy atom. The summed E-state index contributed by atoms with van der Waals surface area (Å²) in [6.07, 6.45) is -1.30. The molecule has 3 nitrogen and oxygen atoms in total. The van der Waals surface area contributed by atoms with Crippen molar-refractivity contribution >= 4 is 18.3 Å². The molecule has 2 fully saturated rings. The molecule has 0 aromatic heterocycles. The molecule has 1 aromatic rings. The summed E-state index contributed by atoms with van der Waals surface area (Å²) in [5.74, 6) is -0.101. The summed E-state index contributed by atoms with van der Waals surface area (Å²) >= 11 is 0. The van der Waals surface area contributed by atoms with E-state index in [2.05, 4.69) is 5.32 Å². The monoisotopic (exact) mass is 376 g/mol. The molecule has 2 saturated heterocycles. The first-order valence-electron chi connectivity index (χ1n) is 8.41. The van der Waals surface area contributed by atoms with Gasteiger partial charge in [-0.05, 0) is 44.7 Å². The number of carbonyl (C=O) groups excluding carboxylic acids is 1. The van der Waals surface area contributed by atoms with Gasteiger partial charge in [-0.2, -0.15) is 13.2 Å². The molecule has 0 radical (unpaired) electrons. The van der Waals surface area contributed by atoms with Crippen LogP contribution in [0.25, 0.3) is 0 Å². The molecule has 2 heterocycles. The Morgan fingerprint density at radius 3 is 2.44 bits per heavy atom. The lowest BCUT2D eigenvalue weighted by atomic mass is 9.82. The van der Waals surface area contributed by atoms with Crippen LogP contribution < -0.4 is 5.32 Å². The number of benzene rings is 1. The van der Waals surface area contributed by atoms with Gasteiger partial charge in [0.2, 0.25) is 5.91 Å². The van der Waals surface area contributed by atoms with E-state index in [1.165, 1.54) is 6.07 Å². The molecule has 1 N–H and O–H groups in total. The molecule has 140 valence electrons. The van der Waals surface area contributed by atoms with Gasteiger partial charge in [0.05, 0.1) is 11.0 Å². The number of fused-ring (bicyclic) bond motifs is 2. The molecule has 1 aromatic carbocycles. The van der Waals surface area contributed by atoms with E-state index in [0.29, 0.717) is 30.7 Å². The smallest absolute Gasteiger partial charge is 0.340 e. The molecule has 0 aliphatic carbocycles. The van der Waals surface area contributed by atoms with Gasteiger partial charge in [-0.25, -0.2) is 0 Å². The van der Waals surface area contributed by atoms with Crippen molar-refractivity contribution in [2.45, 2.75) is 56.8 Å². The molecular formula is C18H24ClF3N2O. The van der Waals surface area contributed by atoms with Gasteiger partial charge in [0.25, 0.3) is 0 Å². The Kier molecular flexibility index (Phi) is 5.74. The lowest BCUT2D eigenvalue weighted by molar-refractivity contribution is -0.139. The summed E-state index contributed by atoms with van der Waals surface area (Å²) < 4.78 is 38.9. The van der Waals surface area contributed by atoms with Crippen LogP contribution in [0.3, 0.4) is 0 Å². The number of amides is 1. The topological polar surface area (TPSA) is 32.3 Å². The molecule has 2 aliphatic heterocycles. The Labute approximate surface area is 152 Å². The Morgan fingerprint density at radius 2 is 1.76 bits per heavy atom. The van der Waals surface area contributed by atoms with E-state index in [9.17, 15) is 18.0 Å². The predicted molar refractivity (Wildman–Crippen MR) is 92.9 cm³/mol. The third-order valence-electron chi connectivity index (χ3n) is 5.26. The van der Waals surface area contributed by atoms with Crippen LogP contribution in [0, 0.1) is 0 Å². The lowest BCUT2D eigenvalue weighted by Crippen LogP contribution is -2.47. The van der Waals surface area contributed by atoms with Crippen LogP contribution in [0.4, 0.5) is 13.2 Å². The van der Waals surface area contributed by atoms with Gasteiger partial charge in [0, 0.05) is 25.2 Å². The highest BCUT2D eigenvalue weighted by Gasteiger charge is 2.39. The van der Waals surface area contributed by atoms with Crippen LogP contribution in [0.5, 0.6) is 0 Å². The van der Waals surface area contributed by atoms with Crippen molar-refractivity contribution in [1.29, 1.82) is 0 Å². The second-order valence-corrected chi connectivity index (χ2v) is 7.38. The largest absolute Gasteiger partial charge is 0.416 e. The second kappa shape index (κ2) is 7.16. The summed E-state index contributed by atoms with van der Waals surface area (Å²) in [4.78, 5) is 14.8. The first-order chi connectivity index (χ1) is 11.2. The molecule has 2 bridgehead atoms. The summed E-state index contributed by atoms with van der Waals surface area (Å²) in [7, 11) is 0. The number of nitrogens with one attached hydrogen (secondary N) is 1. The zero-order valence-corrected chi connectivity index (χ0v) is 15.2. The van der Waals surface area contributed by atoms with E-state index in [1.807, 2.05) is 4.90 Å². The maximum absolute atomic E-state index is 13.0. The standard InChI is InChI=1S/C18H23F3N2O.ClH/c1-17(2,12-4-3-5-13(10-12)18(19,20)21)16(24)23-9-8-14-6-7-15(11-23)22-14;/h3-5,10,14-15,22H,6-9,11H2,1-2H3;1H. The van der Waals surface area contributed by atoms with E-state index < -0.39 is 17.2 Å². The van der Waals surface area contributed by atoms with Crippen LogP contribution in [-0.2, 0) is 16.4 Å².